The third kappa shape index (κ3) is 4.11. The Hall–Kier alpha value is -1.97. The smallest absolute Gasteiger partial charge is 0.416 e. The molecule has 0 amide bonds. The van der Waals surface area contributed by atoms with E-state index in [0.29, 0.717) is 12.1 Å². The zero-order chi connectivity index (χ0) is 18.1. The van der Waals surface area contributed by atoms with Crippen molar-refractivity contribution in [3.8, 4) is 0 Å². The Morgan fingerprint density at radius 1 is 1.21 bits per heavy atom. The zero-order valence-corrected chi connectivity index (χ0v) is 12.4. The van der Waals surface area contributed by atoms with Gasteiger partial charge in [-0.1, -0.05) is 0 Å². The van der Waals surface area contributed by atoms with Crippen LogP contribution in [-0.2, 0) is 15.7 Å². The Morgan fingerprint density at radius 2 is 1.88 bits per heavy atom. The van der Waals surface area contributed by atoms with Gasteiger partial charge in [-0.05, 0) is 18.2 Å². The Balaban J connectivity index is 2.39. The number of alkyl halides is 6. The fourth-order valence-electron chi connectivity index (χ4n) is 2.27. The van der Waals surface area contributed by atoms with Crippen LogP contribution in [0, 0.1) is 0 Å². The Morgan fingerprint density at radius 3 is 2.42 bits per heavy atom. The number of nitrogens with zero attached hydrogens (tertiary/aromatic N) is 1. The molecule has 0 bridgehead atoms. The number of rotatable bonds is 2. The molecule has 2 rings (SSSR count). The van der Waals surface area contributed by atoms with Gasteiger partial charge in [0.2, 0.25) is 0 Å². The molecule has 0 spiro atoms. The number of methoxy groups -OCH3 is 1. The van der Waals surface area contributed by atoms with Gasteiger partial charge in [-0.3, -0.25) is 0 Å². The summed E-state index contributed by atoms with van der Waals surface area (Å²) >= 11 is 0. The number of hydrogen-bond acceptors (Lipinski definition) is 4. The lowest BCUT2D eigenvalue weighted by atomic mass is 10.1. The highest BCUT2D eigenvalue weighted by Gasteiger charge is 2.43. The number of esters is 1. The van der Waals surface area contributed by atoms with Gasteiger partial charge in [0.25, 0.3) is 0 Å². The number of hydrogen-bond donors (Lipinski definition) is 0. The van der Waals surface area contributed by atoms with E-state index in [-0.39, 0.29) is 18.8 Å². The van der Waals surface area contributed by atoms with Gasteiger partial charge < -0.3 is 14.4 Å². The molecule has 0 N–H and O–H groups in total. The topological polar surface area (TPSA) is 38.8 Å². The molecule has 1 aliphatic rings. The van der Waals surface area contributed by atoms with Crippen LogP contribution in [0.2, 0.25) is 0 Å². The van der Waals surface area contributed by atoms with E-state index in [1.807, 2.05) is 0 Å². The summed E-state index contributed by atoms with van der Waals surface area (Å²) in [6.45, 7) is -0.992. The van der Waals surface area contributed by atoms with Gasteiger partial charge in [0, 0.05) is 12.2 Å². The van der Waals surface area contributed by atoms with E-state index in [1.165, 1.54) is 0 Å². The van der Waals surface area contributed by atoms with Crippen LogP contribution < -0.4 is 4.90 Å². The van der Waals surface area contributed by atoms with Crippen LogP contribution in [0.5, 0.6) is 0 Å². The minimum absolute atomic E-state index is 0.0332. The molecule has 0 radical (unpaired) electrons. The summed E-state index contributed by atoms with van der Waals surface area (Å²) in [5.74, 6) is -1.01. The van der Waals surface area contributed by atoms with Crippen molar-refractivity contribution in [2.45, 2.75) is 18.5 Å². The van der Waals surface area contributed by atoms with E-state index >= 15 is 0 Å². The zero-order valence-electron chi connectivity index (χ0n) is 12.4. The maximum atomic E-state index is 13.0. The highest BCUT2D eigenvalue weighted by atomic mass is 19.4. The molecule has 0 saturated carbocycles. The SMILES string of the molecule is COC(=O)c1cc(N2CCOC(C(F)(F)F)C2)cc(C(F)(F)F)c1. The first kappa shape index (κ1) is 18.4. The highest BCUT2D eigenvalue weighted by molar-refractivity contribution is 5.91. The normalized spacial score (nSPS) is 19.3. The minimum atomic E-state index is -4.76. The summed E-state index contributed by atoms with van der Waals surface area (Å²) in [6.07, 6.45) is -11.5. The fraction of sp³-hybridized carbons (Fsp3) is 0.500. The molecule has 1 heterocycles. The Labute approximate surface area is 132 Å². The number of carbonyl (C=O) groups excluding carboxylic acids is 1. The molecular weight excluding hydrogens is 344 g/mol. The summed E-state index contributed by atoms with van der Waals surface area (Å²) < 4.78 is 86.2. The number of benzene rings is 1. The van der Waals surface area contributed by atoms with E-state index < -0.39 is 42.1 Å². The van der Waals surface area contributed by atoms with Gasteiger partial charge in [0.05, 0.1) is 31.4 Å². The Bertz CT molecular complexity index is 614. The van der Waals surface area contributed by atoms with E-state index in [4.69, 9.17) is 0 Å². The van der Waals surface area contributed by atoms with E-state index in [2.05, 4.69) is 9.47 Å². The summed E-state index contributed by atoms with van der Waals surface area (Å²) in [4.78, 5) is 12.6. The number of ether oxygens (including phenoxy) is 2. The first-order valence-corrected chi connectivity index (χ1v) is 6.76. The van der Waals surface area contributed by atoms with Gasteiger partial charge >= 0.3 is 18.3 Å². The standard InChI is InChI=1S/C14H13F6NO3/c1-23-12(22)8-4-9(13(15,16)17)6-10(5-8)21-2-3-24-11(7-21)14(18,19)20/h4-6,11H,2-3,7H2,1H3. The molecule has 0 aromatic heterocycles. The van der Waals surface area contributed by atoms with Crippen LogP contribution in [0.1, 0.15) is 15.9 Å². The number of morpholine rings is 1. The first-order chi connectivity index (χ1) is 11.0. The van der Waals surface area contributed by atoms with Crippen molar-refractivity contribution in [2.75, 3.05) is 31.7 Å². The lowest BCUT2D eigenvalue weighted by Gasteiger charge is -2.35. The van der Waals surface area contributed by atoms with Crippen molar-refractivity contribution in [3.63, 3.8) is 0 Å². The average molecular weight is 357 g/mol. The lowest BCUT2D eigenvalue weighted by molar-refractivity contribution is -0.221. The average Bonchev–Trinajstić information content (AvgIpc) is 2.52. The summed E-state index contributed by atoms with van der Waals surface area (Å²) in [6, 6.07) is 2.36. The van der Waals surface area contributed by atoms with Crippen molar-refractivity contribution in [1.29, 1.82) is 0 Å². The molecule has 1 aromatic rings. The first-order valence-electron chi connectivity index (χ1n) is 6.76. The summed E-state index contributed by atoms with van der Waals surface area (Å²) in [5.41, 5.74) is -1.68. The predicted molar refractivity (Wildman–Crippen MR) is 70.8 cm³/mol. The highest BCUT2D eigenvalue weighted by Crippen LogP contribution is 2.34. The molecule has 0 aliphatic carbocycles. The molecule has 134 valence electrons. The van der Waals surface area contributed by atoms with Crippen molar-refractivity contribution in [2.24, 2.45) is 0 Å². The summed E-state index contributed by atoms with van der Waals surface area (Å²) in [7, 11) is 0.997. The molecule has 1 unspecified atom stereocenters. The van der Waals surface area contributed by atoms with Gasteiger partial charge in [-0.25, -0.2) is 4.79 Å². The largest absolute Gasteiger partial charge is 0.465 e. The molecule has 1 fully saturated rings. The van der Waals surface area contributed by atoms with Crippen LogP contribution in [0.15, 0.2) is 18.2 Å². The van der Waals surface area contributed by atoms with E-state index in [9.17, 15) is 31.1 Å². The van der Waals surface area contributed by atoms with Crippen LogP contribution in [0.4, 0.5) is 32.0 Å². The van der Waals surface area contributed by atoms with Crippen LogP contribution in [0.25, 0.3) is 0 Å². The van der Waals surface area contributed by atoms with Crippen LogP contribution in [-0.4, -0.2) is 45.1 Å². The van der Waals surface area contributed by atoms with Gasteiger partial charge in [-0.2, -0.15) is 26.3 Å². The predicted octanol–water partition coefficient (Wildman–Crippen LogP) is 3.26. The number of anilines is 1. The molecule has 24 heavy (non-hydrogen) atoms. The van der Waals surface area contributed by atoms with Crippen molar-refractivity contribution in [3.05, 3.63) is 29.3 Å². The van der Waals surface area contributed by atoms with Crippen molar-refractivity contribution < 1.29 is 40.6 Å². The summed E-state index contributed by atoms with van der Waals surface area (Å²) in [5, 5.41) is 0. The van der Waals surface area contributed by atoms with Crippen LogP contribution >= 0.6 is 0 Å². The molecule has 4 nitrogen and oxygen atoms in total. The maximum absolute atomic E-state index is 13.0. The van der Waals surface area contributed by atoms with Crippen molar-refractivity contribution >= 4 is 11.7 Å². The second-order valence-electron chi connectivity index (χ2n) is 5.10. The van der Waals surface area contributed by atoms with Crippen LogP contribution in [0.3, 0.4) is 0 Å². The second kappa shape index (κ2) is 6.50. The van der Waals surface area contributed by atoms with E-state index in [0.717, 1.165) is 18.1 Å². The monoisotopic (exact) mass is 357 g/mol. The quantitative estimate of drug-likeness (QED) is 0.602. The van der Waals surface area contributed by atoms with Gasteiger partial charge in [0.1, 0.15) is 0 Å². The Kier molecular flexibility index (Phi) is 4.97. The number of halogens is 6. The third-order valence-electron chi connectivity index (χ3n) is 3.46. The molecule has 10 heteroatoms. The van der Waals surface area contributed by atoms with Gasteiger partial charge in [0.15, 0.2) is 6.10 Å². The van der Waals surface area contributed by atoms with Gasteiger partial charge in [-0.15, -0.1) is 0 Å². The number of carbonyl (C=O) groups is 1. The lowest BCUT2D eigenvalue weighted by Crippen LogP contribution is -2.49. The molecular formula is C14H13F6NO3. The molecule has 1 saturated heterocycles. The second-order valence-corrected chi connectivity index (χ2v) is 5.10. The maximum Gasteiger partial charge on any atom is 0.416 e. The fourth-order valence-corrected chi connectivity index (χ4v) is 2.27. The molecule has 1 atom stereocenters. The van der Waals surface area contributed by atoms with Crippen molar-refractivity contribution in [1.82, 2.24) is 0 Å². The molecule has 1 aliphatic heterocycles. The van der Waals surface area contributed by atoms with E-state index in [1.54, 1.807) is 0 Å². The third-order valence-corrected chi connectivity index (χ3v) is 3.46. The molecule has 1 aromatic carbocycles. The minimum Gasteiger partial charge on any atom is -0.465 e.